The lowest BCUT2D eigenvalue weighted by atomic mass is 10.2. The Labute approximate surface area is 74.8 Å². The maximum atomic E-state index is 10.9. The molecule has 1 N–H and O–H groups in total. The van der Waals surface area contributed by atoms with Crippen LogP contribution in [0.3, 0.4) is 0 Å². The fourth-order valence-corrected chi connectivity index (χ4v) is 1.18. The predicted molar refractivity (Wildman–Crippen MR) is 52.5 cm³/mol. The van der Waals surface area contributed by atoms with Gasteiger partial charge in [-0.1, -0.05) is 18.7 Å². The molecule has 2 aromatic rings. The standard InChI is InChI=1S/C10H8N2O/c1-2-7-3-4-8-9(5-7)11-6-10(13)12-8/h2-6H,1H2,(H,12,13). The van der Waals surface area contributed by atoms with Gasteiger partial charge < -0.3 is 4.98 Å². The van der Waals surface area contributed by atoms with Crippen LogP contribution in [-0.4, -0.2) is 9.97 Å². The molecule has 0 atom stereocenters. The number of aromatic nitrogens is 2. The van der Waals surface area contributed by atoms with Crippen LogP contribution in [0, 0.1) is 0 Å². The molecule has 0 saturated carbocycles. The first-order valence-electron chi connectivity index (χ1n) is 3.91. The summed E-state index contributed by atoms with van der Waals surface area (Å²) in [5, 5.41) is 0. The normalized spacial score (nSPS) is 10.2. The molecule has 0 aliphatic heterocycles. The molecule has 3 nitrogen and oxygen atoms in total. The van der Waals surface area contributed by atoms with Crippen LogP contribution in [-0.2, 0) is 0 Å². The zero-order chi connectivity index (χ0) is 9.26. The topological polar surface area (TPSA) is 45.8 Å². The third kappa shape index (κ3) is 1.36. The molecule has 1 heterocycles. The van der Waals surface area contributed by atoms with Crippen molar-refractivity contribution in [3.63, 3.8) is 0 Å². The molecule has 13 heavy (non-hydrogen) atoms. The number of benzene rings is 1. The summed E-state index contributed by atoms with van der Waals surface area (Å²) in [5.74, 6) is 0. The highest BCUT2D eigenvalue weighted by Crippen LogP contribution is 2.10. The lowest BCUT2D eigenvalue weighted by Crippen LogP contribution is -2.04. The van der Waals surface area contributed by atoms with Gasteiger partial charge in [0.25, 0.3) is 5.56 Å². The third-order valence-electron chi connectivity index (χ3n) is 1.84. The average molecular weight is 172 g/mol. The maximum absolute atomic E-state index is 10.9. The second-order valence-corrected chi connectivity index (χ2v) is 2.73. The van der Waals surface area contributed by atoms with Crippen LogP contribution >= 0.6 is 0 Å². The molecular weight excluding hydrogens is 164 g/mol. The third-order valence-corrected chi connectivity index (χ3v) is 1.84. The zero-order valence-electron chi connectivity index (χ0n) is 6.95. The number of nitrogens with one attached hydrogen (secondary N) is 1. The first-order valence-corrected chi connectivity index (χ1v) is 3.91. The summed E-state index contributed by atoms with van der Waals surface area (Å²) < 4.78 is 0. The Morgan fingerprint density at radius 3 is 3.08 bits per heavy atom. The zero-order valence-corrected chi connectivity index (χ0v) is 6.95. The Morgan fingerprint density at radius 2 is 2.31 bits per heavy atom. The number of hydrogen-bond donors (Lipinski definition) is 1. The summed E-state index contributed by atoms with van der Waals surface area (Å²) >= 11 is 0. The SMILES string of the molecule is C=Cc1ccc2[nH]c(=O)cnc2c1. The van der Waals surface area contributed by atoms with Crippen molar-refractivity contribution in [2.45, 2.75) is 0 Å². The van der Waals surface area contributed by atoms with E-state index in [2.05, 4.69) is 16.5 Å². The molecule has 0 unspecified atom stereocenters. The van der Waals surface area contributed by atoms with Gasteiger partial charge in [-0.3, -0.25) is 4.79 Å². The highest BCUT2D eigenvalue weighted by atomic mass is 16.1. The number of aromatic amines is 1. The molecule has 0 aliphatic carbocycles. The van der Waals surface area contributed by atoms with E-state index in [0.717, 1.165) is 16.6 Å². The number of hydrogen-bond acceptors (Lipinski definition) is 2. The molecule has 0 fully saturated rings. The minimum atomic E-state index is -0.182. The van der Waals surface area contributed by atoms with Crippen LogP contribution in [0.25, 0.3) is 17.1 Å². The second kappa shape index (κ2) is 2.86. The lowest BCUT2D eigenvalue weighted by molar-refractivity contribution is 1.22. The van der Waals surface area contributed by atoms with Crippen molar-refractivity contribution >= 4 is 17.1 Å². The Balaban J connectivity index is 2.80. The van der Waals surface area contributed by atoms with Crippen molar-refractivity contribution in [2.75, 3.05) is 0 Å². The van der Waals surface area contributed by atoms with Gasteiger partial charge in [-0.15, -0.1) is 0 Å². The quantitative estimate of drug-likeness (QED) is 0.709. The van der Waals surface area contributed by atoms with E-state index in [1.54, 1.807) is 6.08 Å². The second-order valence-electron chi connectivity index (χ2n) is 2.73. The van der Waals surface area contributed by atoms with E-state index in [1.807, 2.05) is 18.2 Å². The average Bonchev–Trinajstić information content (AvgIpc) is 2.17. The summed E-state index contributed by atoms with van der Waals surface area (Å²) in [5.41, 5.74) is 2.33. The Morgan fingerprint density at radius 1 is 1.46 bits per heavy atom. The molecule has 0 bridgehead atoms. The highest BCUT2D eigenvalue weighted by molar-refractivity contribution is 5.76. The minimum absolute atomic E-state index is 0.182. The van der Waals surface area contributed by atoms with Crippen molar-refractivity contribution in [2.24, 2.45) is 0 Å². The summed E-state index contributed by atoms with van der Waals surface area (Å²) in [6.45, 7) is 3.66. The molecule has 2 rings (SSSR count). The molecule has 64 valence electrons. The maximum Gasteiger partial charge on any atom is 0.266 e. The molecule has 1 aromatic heterocycles. The van der Waals surface area contributed by atoms with E-state index in [-0.39, 0.29) is 5.56 Å². The Kier molecular flexibility index (Phi) is 1.70. The van der Waals surface area contributed by atoms with Gasteiger partial charge >= 0.3 is 0 Å². The van der Waals surface area contributed by atoms with E-state index in [4.69, 9.17) is 0 Å². The lowest BCUT2D eigenvalue weighted by Gasteiger charge is -1.96. The van der Waals surface area contributed by atoms with Crippen LogP contribution in [0.15, 0.2) is 35.8 Å². The number of rotatable bonds is 1. The van der Waals surface area contributed by atoms with Crippen LogP contribution in [0.5, 0.6) is 0 Å². The predicted octanol–water partition coefficient (Wildman–Crippen LogP) is 1.57. The van der Waals surface area contributed by atoms with Crippen molar-refractivity contribution < 1.29 is 0 Å². The molecule has 0 saturated heterocycles. The van der Waals surface area contributed by atoms with Gasteiger partial charge in [-0.25, -0.2) is 4.98 Å². The largest absolute Gasteiger partial charge is 0.319 e. The van der Waals surface area contributed by atoms with Gasteiger partial charge in [-0.05, 0) is 17.7 Å². The first kappa shape index (κ1) is 7.73. The Hall–Kier alpha value is -1.90. The van der Waals surface area contributed by atoms with Crippen molar-refractivity contribution in [3.05, 3.63) is 46.9 Å². The molecule has 0 spiro atoms. The molecule has 0 radical (unpaired) electrons. The fraction of sp³-hybridized carbons (Fsp3) is 0. The van der Waals surface area contributed by atoms with Gasteiger partial charge in [-0.2, -0.15) is 0 Å². The van der Waals surface area contributed by atoms with Gasteiger partial charge in [0.2, 0.25) is 0 Å². The minimum Gasteiger partial charge on any atom is -0.319 e. The van der Waals surface area contributed by atoms with Gasteiger partial charge in [0.05, 0.1) is 17.2 Å². The van der Waals surface area contributed by atoms with Crippen LogP contribution in [0.4, 0.5) is 0 Å². The van der Waals surface area contributed by atoms with E-state index in [1.165, 1.54) is 6.20 Å². The van der Waals surface area contributed by atoms with Gasteiger partial charge in [0.15, 0.2) is 0 Å². The van der Waals surface area contributed by atoms with E-state index in [9.17, 15) is 4.79 Å². The number of fused-ring (bicyclic) bond motifs is 1. The molecule has 0 amide bonds. The van der Waals surface area contributed by atoms with Crippen LogP contribution in [0.2, 0.25) is 0 Å². The van der Waals surface area contributed by atoms with Crippen molar-refractivity contribution in [1.82, 2.24) is 9.97 Å². The fourth-order valence-electron chi connectivity index (χ4n) is 1.18. The Bertz CT molecular complexity index is 514. The highest BCUT2D eigenvalue weighted by Gasteiger charge is 1.95. The van der Waals surface area contributed by atoms with Gasteiger partial charge in [0.1, 0.15) is 0 Å². The molecule has 0 aliphatic rings. The van der Waals surface area contributed by atoms with Gasteiger partial charge in [0, 0.05) is 0 Å². The summed E-state index contributed by atoms with van der Waals surface area (Å²) in [7, 11) is 0. The summed E-state index contributed by atoms with van der Waals surface area (Å²) in [6, 6.07) is 5.58. The summed E-state index contributed by atoms with van der Waals surface area (Å²) in [6.07, 6.45) is 3.02. The van der Waals surface area contributed by atoms with Crippen LogP contribution < -0.4 is 5.56 Å². The first-order chi connectivity index (χ1) is 6.29. The number of H-pyrrole nitrogens is 1. The van der Waals surface area contributed by atoms with Crippen molar-refractivity contribution in [1.29, 1.82) is 0 Å². The van der Waals surface area contributed by atoms with E-state index >= 15 is 0 Å². The molecule has 3 heteroatoms. The number of nitrogens with zero attached hydrogens (tertiary/aromatic N) is 1. The van der Waals surface area contributed by atoms with E-state index < -0.39 is 0 Å². The molecular formula is C10H8N2O. The molecule has 1 aromatic carbocycles. The summed E-state index contributed by atoms with van der Waals surface area (Å²) in [4.78, 5) is 17.6. The van der Waals surface area contributed by atoms with Crippen LogP contribution in [0.1, 0.15) is 5.56 Å². The van der Waals surface area contributed by atoms with E-state index in [0.29, 0.717) is 0 Å². The smallest absolute Gasteiger partial charge is 0.266 e. The monoisotopic (exact) mass is 172 g/mol. The van der Waals surface area contributed by atoms with Crippen molar-refractivity contribution in [3.8, 4) is 0 Å².